The Bertz CT molecular complexity index is 840. The zero-order chi connectivity index (χ0) is 16.4. The molecule has 1 aromatic carbocycles. The minimum atomic E-state index is -0.105. The highest BCUT2D eigenvalue weighted by Gasteiger charge is 2.18. The average Bonchev–Trinajstić information content (AvgIpc) is 3.08. The molecule has 0 saturated heterocycles. The number of rotatable bonds is 5. The van der Waals surface area contributed by atoms with Gasteiger partial charge in [-0.25, -0.2) is 4.98 Å². The fraction of sp³-hybridized carbons (Fsp3) is 0.353. The molecule has 3 aromatic rings. The molecule has 23 heavy (non-hydrogen) atoms. The van der Waals surface area contributed by atoms with Gasteiger partial charge in [-0.15, -0.1) is 0 Å². The summed E-state index contributed by atoms with van der Waals surface area (Å²) in [6, 6.07) is 9.58. The number of H-pyrrole nitrogens is 1. The molecular formula is C17H21N5O. The fourth-order valence-electron chi connectivity index (χ4n) is 2.67. The highest BCUT2D eigenvalue weighted by molar-refractivity contribution is 5.77. The number of nitrogens with zero attached hydrogens (tertiary/aromatic N) is 3. The summed E-state index contributed by atoms with van der Waals surface area (Å²) < 4.78 is 1.92. The van der Waals surface area contributed by atoms with Crippen LogP contribution in [0.5, 0.6) is 0 Å². The first-order valence-corrected chi connectivity index (χ1v) is 7.80. The molecule has 3 rings (SSSR count). The van der Waals surface area contributed by atoms with Crippen LogP contribution in [0.3, 0.4) is 0 Å². The van der Waals surface area contributed by atoms with Crippen molar-refractivity contribution in [3.63, 3.8) is 0 Å². The molecule has 3 unspecified atom stereocenters. The molecule has 3 atom stereocenters. The van der Waals surface area contributed by atoms with Gasteiger partial charge in [0, 0.05) is 18.4 Å². The molecule has 0 radical (unpaired) electrons. The maximum Gasteiger partial charge on any atom is 0.258 e. The van der Waals surface area contributed by atoms with Crippen LogP contribution in [0, 0.1) is 0 Å². The van der Waals surface area contributed by atoms with Crippen molar-refractivity contribution in [2.45, 2.75) is 38.9 Å². The highest BCUT2D eigenvalue weighted by atomic mass is 16.1. The molecule has 6 nitrogen and oxygen atoms in total. The monoisotopic (exact) mass is 311 g/mol. The minimum absolute atomic E-state index is 0.0691. The zero-order valence-electron chi connectivity index (χ0n) is 13.5. The van der Waals surface area contributed by atoms with Gasteiger partial charge < -0.3 is 10.3 Å². The largest absolute Gasteiger partial charge is 0.309 e. The van der Waals surface area contributed by atoms with E-state index in [9.17, 15) is 4.79 Å². The third-order valence-corrected chi connectivity index (χ3v) is 4.22. The molecule has 0 fully saturated rings. The summed E-state index contributed by atoms with van der Waals surface area (Å²) in [5.41, 5.74) is 0.611. The lowest BCUT2D eigenvalue weighted by Crippen LogP contribution is -2.36. The van der Waals surface area contributed by atoms with E-state index in [0.717, 1.165) is 0 Å². The Morgan fingerprint density at radius 1 is 1.17 bits per heavy atom. The predicted octanol–water partition coefficient (Wildman–Crippen LogP) is 2.42. The summed E-state index contributed by atoms with van der Waals surface area (Å²) in [7, 11) is 0. The third-order valence-electron chi connectivity index (χ3n) is 4.22. The van der Waals surface area contributed by atoms with E-state index < -0.39 is 0 Å². The van der Waals surface area contributed by atoms with E-state index in [-0.39, 0.29) is 23.7 Å². The van der Waals surface area contributed by atoms with Gasteiger partial charge in [0.1, 0.15) is 5.82 Å². The maximum atomic E-state index is 12.2. The third kappa shape index (κ3) is 3.17. The molecule has 0 aliphatic rings. The van der Waals surface area contributed by atoms with Crippen molar-refractivity contribution < 1.29 is 0 Å². The van der Waals surface area contributed by atoms with Crippen LogP contribution in [0.4, 0.5) is 0 Å². The minimum Gasteiger partial charge on any atom is -0.309 e. The molecule has 2 heterocycles. The van der Waals surface area contributed by atoms with Gasteiger partial charge in [-0.3, -0.25) is 9.48 Å². The summed E-state index contributed by atoms with van der Waals surface area (Å²) in [6.45, 7) is 6.20. The second-order valence-corrected chi connectivity index (χ2v) is 5.87. The lowest BCUT2D eigenvalue weighted by atomic mass is 10.1. The molecule has 2 N–H and O–H groups in total. The Labute approximate surface area is 134 Å². The summed E-state index contributed by atoms with van der Waals surface area (Å²) in [4.78, 5) is 19.6. The molecule has 0 saturated carbocycles. The predicted molar refractivity (Wildman–Crippen MR) is 90.3 cm³/mol. The molecule has 2 aromatic heterocycles. The van der Waals surface area contributed by atoms with Crippen molar-refractivity contribution >= 4 is 10.9 Å². The molecule has 6 heteroatoms. The summed E-state index contributed by atoms with van der Waals surface area (Å²) in [5.74, 6) is 0.646. The first-order valence-electron chi connectivity index (χ1n) is 7.80. The van der Waals surface area contributed by atoms with Gasteiger partial charge in [-0.1, -0.05) is 12.1 Å². The number of benzene rings is 1. The summed E-state index contributed by atoms with van der Waals surface area (Å²) in [6.07, 6.45) is 3.72. The van der Waals surface area contributed by atoms with Crippen LogP contribution in [0.1, 0.15) is 38.7 Å². The van der Waals surface area contributed by atoms with E-state index in [0.29, 0.717) is 16.7 Å². The molecule has 120 valence electrons. The molecule has 0 spiro atoms. The number of hydrogen-bond donors (Lipinski definition) is 2. The number of aromatic nitrogens is 4. The van der Waals surface area contributed by atoms with Gasteiger partial charge in [0.05, 0.1) is 23.0 Å². The first kappa shape index (κ1) is 15.4. The molecule has 0 aliphatic heterocycles. The molecule has 0 aliphatic carbocycles. The number of hydrogen-bond acceptors (Lipinski definition) is 4. The molecular weight excluding hydrogens is 290 g/mol. The van der Waals surface area contributed by atoms with Crippen LogP contribution < -0.4 is 10.9 Å². The average molecular weight is 311 g/mol. The Hall–Kier alpha value is -2.47. The van der Waals surface area contributed by atoms with Crippen LogP contribution in [-0.2, 0) is 0 Å². The van der Waals surface area contributed by atoms with Crippen molar-refractivity contribution in [2.75, 3.05) is 0 Å². The van der Waals surface area contributed by atoms with Crippen molar-refractivity contribution in [1.29, 1.82) is 0 Å². The fourth-order valence-corrected chi connectivity index (χ4v) is 2.67. The van der Waals surface area contributed by atoms with Crippen LogP contribution in [0.2, 0.25) is 0 Å². The van der Waals surface area contributed by atoms with Crippen molar-refractivity contribution in [1.82, 2.24) is 25.1 Å². The van der Waals surface area contributed by atoms with Crippen LogP contribution in [0.15, 0.2) is 47.5 Å². The van der Waals surface area contributed by atoms with Crippen LogP contribution >= 0.6 is 0 Å². The topological polar surface area (TPSA) is 75.6 Å². The lowest BCUT2D eigenvalue weighted by Gasteiger charge is -2.25. The highest BCUT2D eigenvalue weighted by Crippen LogP contribution is 2.15. The Morgan fingerprint density at radius 3 is 2.70 bits per heavy atom. The SMILES string of the molecule is CC(NC(C)C(C)n1cccn1)c1nc2ccccc2c(=O)[nH]1. The number of nitrogens with one attached hydrogen (secondary N) is 2. The van der Waals surface area contributed by atoms with E-state index in [2.05, 4.69) is 34.2 Å². The summed E-state index contributed by atoms with van der Waals surface area (Å²) >= 11 is 0. The van der Waals surface area contributed by atoms with Gasteiger partial charge in [0.25, 0.3) is 5.56 Å². The van der Waals surface area contributed by atoms with E-state index in [1.54, 1.807) is 12.3 Å². The smallest absolute Gasteiger partial charge is 0.258 e. The Kier molecular flexibility index (Phi) is 4.25. The maximum absolute atomic E-state index is 12.2. The van der Waals surface area contributed by atoms with Crippen molar-refractivity contribution in [3.05, 3.63) is 58.9 Å². The quantitative estimate of drug-likeness (QED) is 0.759. The normalized spacial score (nSPS) is 15.4. The van der Waals surface area contributed by atoms with Gasteiger partial charge in [-0.05, 0) is 39.0 Å². The second kappa shape index (κ2) is 6.34. The lowest BCUT2D eigenvalue weighted by molar-refractivity contribution is 0.337. The van der Waals surface area contributed by atoms with Gasteiger partial charge in [0.15, 0.2) is 0 Å². The van der Waals surface area contributed by atoms with E-state index in [1.807, 2.05) is 42.1 Å². The number of para-hydroxylation sites is 1. The number of aromatic amines is 1. The van der Waals surface area contributed by atoms with Gasteiger partial charge in [-0.2, -0.15) is 5.10 Å². The van der Waals surface area contributed by atoms with Gasteiger partial charge in [0.2, 0.25) is 0 Å². The first-order chi connectivity index (χ1) is 11.1. The Balaban J connectivity index is 1.80. The van der Waals surface area contributed by atoms with Crippen molar-refractivity contribution in [2.24, 2.45) is 0 Å². The Morgan fingerprint density at radius 2 is 1.96 bits per heavy atom. The zero-order valence-corrected chi connectivity index (χ0v) is 13.5. The standard InChI is InChI=1S/C17H21N5O/c1-11(13(3)22-10-6-9-18-22)19-12(2)16-20-15-8-5-4-7-14(15)17(23)21-16/h4-13,19H,1-3H3,(H,20,21,23). The van der Waals surface area contributed by atoms with Gasteiger partial charge >= 0.3 is 0 Å². The summed E-state index contributed by atoms with van der Waals surface area (Å²) in [5, 5.41) is 8.37. The van der Waals surface area contributed by atoms with Crippen LogP contribution in [-0.4, -0.2) is 25.8 Å². The second-order valence-electron chi connectivity index (χ2n) is 5.87. The van der Waals surface area contributed by atoms with E-state index in [1.165, 1.54) is 0 Å². The molecule has 0 bridgehead atoms. The molecule has 0 amide bonds. The van der Waals surface area contributed by atoms with E-state index in [4.69, 9.17) is 0 Å². The van der Waals surface area contributed by atoms with Crippen LogP contribution in [0.25, 0.3) is 10.9 Å². The van der Waals surface area contributed by atoms with E-state index >= 15 is 0 Å². The number of fused-ring (bicyclic) bond motifs is 1. The van der Waals surface area contributed by atoms with Crippen molar-refractivity contribution in [3.8, 4) is 0 Å².